The Morgan fingerprint density at radius 1 is 1.04 bits per heavy atom. The maximum Gasteiger partial charge on any atom is 0.291 e. The van der Waals surface area contributed by atoms with Crippen molar-refractivity contribution in [3.8, 4) is 0 Å². The molecule has 3 heterocycles. The topological polar surface area (TPSA) is 91.9 Å². The van der Waals surface area contributed by atoms with Gasteiger partial charge >= 0.3 is 0 Å². The van der Waals surface area contributed by atoms with Crippen molar-refractivity contribution in [3.63, 3.8) is 0 Å². The molecule has 0 bridgehead atoms. The molecule has 28 heavy (non-hydrogen) atoms. The molecule has 4 atom stereocenters. The van der Waals surface area contributed by atoms with Gasteiger partial charge in [-0.2, -0.15) is 0 Å². The first kappa shape index (κ1) is 17.4. The first-order valence-corrected chi connectivity index (χ1v) is 9.67. The van der Waals surface area contributed by atoms with Gasteiger partial charge in [-0.25, -0.2) is 0 Å². The number of rotatable bonds is 2. The number of hydrogen-bond acceptors (Lipinski definition) is 3. The van der Waals surface area contributed by atoms with Gasteiger partial charge in [0, 0.05) is 17.0 Å². The smallest absolute Gasteiger partial charge is 0.291 e. The average molecular weight is 397 g/mol. The minimum absolute atomic E-state index is 0.216. The second-order valence-corrected chi connectivity index (χ2v) is 8.20. The second-order valence-electron chi connectivity index (χ2n) is 7.80. The average Bonchev–Trinajstić information content (AvgIpc) is 3.26. The summed E-state index contributed by atoms with van der Waals surface area (Å²) in [5.41, 5.74) is 2.07. The fourth-order valence-electron chi connectivity index (χ4n) is 5.15. The number of nitrogens with one attached hydrogen (secondary N) is 2. The third-order valence-electron chi connectivity index (χ3n) is 6.39. The van der Waals surface area contributed by atoms with Crippen molar-refractivity contribution in [2.24, 2.45) is 11.8 Å². The van der Waals surface area contributed by atoms with Crippen molar-refractivity contribution in [1.82, 2.24) is 5.32 Å². The summed E-state index contributed by atoms with van der Waals surface area (Å²) in [7, 11) is 0. The Morgan fingerprint density at radius 2 is 1.79 bits per heavy atom. The largest absolute Gasteiger partial charge is 0.326 e. The Labute approximate surface area is 166 Å². The van der Waals surface area contributed by atoms with Gasteiger partial charge in [0.05, 0.1) is 5.69 Å². The molecule has 4 N–H and O–H groups in total. The highest BCUT2D eigenvalue weighted by Crippen LogP contribution is 2.49. The molecule has 142 valence electrons. The lowest BCUT2D eigenvalue weighted by Crippen LogP contribution is -2.99. The van der Waals surface area contributed by atoms with Gasteiger partial charge < -0.3 is 10.6 Å². The Balaban J connectivity index is 1.65. The molecule has 2 fully saturated rings. The summed E-state index contributed by atoms with van der Waals surface area (Å²) in [6.07, 6.45) is 0.597. The summed E-state index contributed by atoms with van der Waals surface area (Å²) >= 11 is 6.24. The molecule has 0 unspecified atom stereocenters. The van der Waals surface area contributed by atoms with Gasteiger partial charge in [-0.3, -0.25) is 19.7 Å². The van der Waals surface area contributed by atoms with E-state index in [4.69, 9.17) is 11.6 Å². The highest BCUT2D eigenvalue weighted by atomic mass is 35.5. The summed E-state index contributed by atoms with van der Waals surface area (Å²) in [5.74, 6) is -2.23. The molecule has 0 aromatic heterocycles. The number of imide groups is 1. The van der Waals surface area contributed by atoms with Crippen molar-refractivity contribution < 1.29 is 19.7 Å². The molecule has 0 saturated carbocycles. The van der Waals surface area contributed by atoms with Crippen molar-refractivity contribution >= 4 is 35.0 Å². The molecular formula is C21H19ClN3O3+. The van der Waals surface area contributed by atoms with E-state index in [1.165, 1.54) is 0 Å². The number of benzene rings is 2. The number of carbonyl (C=O) groups excluding carboxylic acids is 3. The molecule has 2 saturated heterocycles. The van der Waals surface area contributed by atoms with Gasteiger partial charge in [0.1, 0.15) is 17.9 Å². The molecule has 0 aliphatic carbocycles. The minimum atomic E-state index is -1.15. The van der Waals surface area contributed by atoms with Gasteiger partial charge in [0.15, 0.2) is 0 Å². The lowest BCUT2D eigenvalue weighted by atomic mass is 9.76. The molecule has 6 nitrogen and oxygen atoms in total. The zero-order valence-electron chi connectivity index (χ0n) is 15.2. The van der Waals surface area contributed by atoms with E-state index in [2.05, 4.69) is 10.6 Å². The zero-order valence-corrected chi connectivity index (χ0v) is 15.9. The van der Waals surface area contributed by atoms with Crippen molar-refractivity contribution in [2.45, 2.75) is 24.9 Å². The van der Waals surface area contributed by atoms with Crippen molar-refractivity contribution in [3.05, 3.63) is 64.2 Å². The van der Waals surface area contributed by atoms with E-state index in [1.807, 2.05) is 42.6 Å². The van der Waals surface area contributed by atoms with Crippen LogP contribution in [0, 0.1) is 18.8 Å². The third kappa shape index (κ3) is 2.16. The molecule has 2 aromatic carbocycles. The van der Waals surface area contributed by atoms with Gasteiger partial charge in [-0.05, 0) is 30.2 Å². The maximum absolute atomic E-state index is 13.2. The quantitative estimate of drug-likeness (QED) is 0.658. The SMILES string of the molecule is Cc1c(Cl)ccc2c1NC(=O)[C@]21[NH2+][C@H](Cc2ccccc2)[C@H]2C(=O)NC(=O)[C@H]21. The summed E-state index contributed by atoms with van der Waals surface area (Å²) < 4.78 is 0. The van der Waals surface area contributed by atoms with E-state index in [1.54, 1.807) is 12.1 Å². The Morgan fingerprint density at radius 3 is 2.54 bits per heavy atom. The second kappa shape index (κ2) is 5.90. The van der Waals surface area contributed by atoms with Crippen LogP contribution in [-0.2, 0) is 26.3 Å². The monoisotopic (exact) mass is 396 g/mol. The fourth-order valence-corrected chi connectivity index (χ4v) is 5.31. The minimum Gasteiger partial charge on any atom is -0.326 e. The van der Waals surface area contributed by atoms with E-state index in [9.17, 15) is 14.4 Å². The van der Waals surface area contributed by atoms with Crippen LogP contribution in [0.1, 0.15) is 16.7 Å². The highest BCUT2D eigenvalue weighted by molar-refractivity contribution is 6.32. The van der Waals surface area contributed by atoms with Gasteiger partial charge in [-0.1, -0.05) is 41.9 Å². The lowest BCUT2D eigenvalue weighted by molar-refractivity contribution is -0.733. The molecular weight excluding hydrogens is 378 g/mol. The molecule has 3 aliphatic heterocycles. The van der Waals surface area contributed by atoms with E-state index in [0.717, 1.165) is 16.7 Å². The maximum atomic E-state index is 13.2. The molecule has 1 spiro atoms. The van der Waals surface area contributed by atoms with E-state index in [-0.39, 0.29) is 23.8 Å². The highest BCUT2D eigenvalue weighted by Gasteiger charge is 2.72. The van der Waals surface area contributed by atoms with Gasteiger partial charge in [0.2, 0.25) is 17.4 Å². The Kier molecular flexibility index (Phi) is 3.66. The predicted octanol–water partition coefficient (Wildman–Crippen LogP) is 0.873. The van der Waals surface area contributed by atoms with E-state index < -0.39 is 17.4 Å². The van der Waals surface area contributed by atoms with Crippen LogP contribution in [-0.4, -0.2) is 23.8 Å². The van der Waals surface area contributed by atoms with Crippen LogP contribution < -0.4 is 16.0 Å². The normalized spacial score (nSPS) is 30.4. The van der Waals surface area contributed by atoms with Crippen LogP contribution in [0.15, 0.2) is 42.5 Å². The summed E-state index contributed by atoms with van der Waals surface area (Å²) in [5, 5.41) is 7.87. The Hall–Kier alpha value is -2.70. The van der Waals surface area contributed by atoms with Crippen LogP contribution in [0.4, 0.5) is 5.69 Å². The fraction of sp³-hybridized carbons (Fsp3) is 0.286. The van der Waals surface area contributed by atoms with E-state index >= 15 is 0 Å². The van der Waals surface area contributed by atoms with Gasteiger partial charge in [0.25, 0.3) is 5.91 Å². The van der Waals surface area contributed by atoms with Crippen LogP contribution in [0.2, 0.25) is 5.02 Å². The molecule has 3 amide bonds. The van der Waals surface area contributed by atoms with Crippen LogP contribution in [0.5, 0.6) is 0 Å². The zero-order chi connectivity index (χ0) is 19.6. The summed E-state index contributed by atoms with van der Waals surface area (Å²) in [6.45, 7) is 1.84. The first-order valence-electron chi connectivity index (χ1n) is 9.29. The van der Waals surface area contributed by atoms with Gasteiger partial charge in [-0.15, -0.1) is 0 Å². The standard InChI is InChI=1S/C21H18ClN3O3/c1-10-13(22)8-7-12-17(10)23-20(28)21(12)16-15(18(26)24-19(16)27)14(25-21)9-11-5-3-2-4-6-11/h2-8,14-16,25H,9H2,1H3,(H,23,28)(H,24,26,27)/p+1/t14-,15-,16+,21+/m1/s1. The lowest BCUT2D eigenvalue weighted by Gasteiger charge is -2.24. The molecule has 2 aromatic rings. The third-order valence-corrected chi connectivity index (χ3v) is 6.80. The van der Waals surface area contributed by atoms with Crippen molar-refractivity contribution in [2.75, 3.05) is 5.32 Å². The Bertz CT molecular complexity index is 1040. The first-order chi connectivity index (χ1) is 13.4. The number of anilines is 1. The molecule has 3 aliphatic rings. The number of hydrogen-bond donors (Lipinski definition) is 3. The molecule has 7 heteroatoms. The van der Waals surface area contributed by atoms with Crippen LogP contribution in [0.25, 0.3) is 0 Å². The predicted molar refractivity (Wildman–Crippen MR) is 102 cm³/mol. The number of nitrogens with two attached hydrogens (primary N) is 1. The van der Waals surface area contributed by atoms with Crippen molar-refractivity contribution in [1.29, 1.82) is 0 Å². The van der Waals surface area contributed by atoms with E-state index in [0.29, 0.717) is 17.1 Å². The number of carbonyl (C=O) groups is 3. The van der Waals surface area contributed by atoms with Crippen LogP contribution >= 0.6 is 11.6 Å². The summed E-state index contributed by atoms with van der Waals surface area (Å²) in [4.78, 5) is 38.7. The number of amides is 3. The number of fused-ring (bicyclic) bond motifs is 4. The molecule has 5 rings (SSSR count). The summed E-state index contributed by atoms with van der Waals surface area (Å²) in [6, 6.07) is 13.2. The van der Waals surface area contributed by atoms with Crippen LogP contribution in [0.3, 0.4) is 0 Å². The molecule has 0 radical (unpaired) electrons. The number of quaternary nitrogens is 1. The number of halogens is 1.